The van der Waals surface area contributed by atoms with Crippen LogP contribution in [0.2, 0.25) is 0 Å². The number of benzene rings is 1. The molecular formula is C12H14FNO3S. The van der Waals surface area contributed by atoms with Gasteiger partial charge in [-0.3, -0.25) is 9.59 Å². The first-order chi connectivity index (χ1) is 8.47. The number of carbonyl (C=O) groups is 2. The van der Waals surface area contributed by atoms with Crippen molar-refractivity contribution in [3.8, 4) is 0 Å². The Morgan fingerprint density at radius 3 is 2.56 bits per heavy atom. The Bertz CT molecular complexity index is 422. The van der Waals surface area contributed by atoms with Crippen LogP contribution in [0.4, 0.5) is 10.1 Å². The number of carbonyl (C=O) groups excluding carboxylic acids is 1. The van der Waals surface area contributed by atoms with Crippen molar-refractivity contribution in [2.24, 2.45) is 0 Å². The van der Waals surface area contributed by atoms with Gasteiger partial charge in [0.25, 0.3) is 0 Å². The van der Waals surface area contributed by atoms with Crippen molar-refractivity contribution in [3.63, 3.8) is 0 Å². The third kappa shape index (κ3) is 5.67. The molecule has 0 aliphatic rings. The van der Waals surface area contributed by atoms with E-state index in [2.05, 4.69) is 5.32 Å². The molecule has 98 valence electrons. The number of nitrogens with one attached hydrogen (secondary N) is 1. The SMILES string of the molecule is CC(CC(=O)O)SCC(=O)Nc1ccc(F)cc1. The Kier molecular flexibility index (Phi) is 5.64. The van der Waals surface area contributed by atoms with Crippen molar-refractivity contribution in [1.29, 1.82) is 0 Å². The topological polar surface area (TPSA) is 66.4 Å². The van der Waals surface area contributed by atoms with Crippen LogP contribution in [0.25, 0.3) is 0 Å². The summed E-state index contributed by atoms with van der Waals surface area (Å²) in [5, 5.41) is 11.0. The summed E-state index contributed by atoms with van der Waals surface area (Å²) in [7, 11) is 0. The van der Waals surface area contributed by atoms with Crippen LogP contribution in [0.3, 0.4) is 0 Å². The Morgan fingerprint density at radius 1 is 1.39 bits per heavy atom. The lowest BCUT2D eigenvalue weighted by Gasteiger charge is -2.08. The van der Waals surface area contributed by atoms with Gasteiger partial charge >= 0.3 is 5.97 Å². The number of halogens is 1. The molecule has 0 bridgehead atoms. The maximum absolute atomic E-state index is 12.6. The zero-order chi connectivity index (χ0) is 13.5. The summed E-state index contributed by atoms with van der Waals surface area (Å²) in [5.41, 5.74) is 0.521. The van der Waals surface area contributed by atoms with Crippen LogP contribution >= 0.6 is 11.8 Å². The number of carboxylic acid groups (broad SMARTS) is 1. The fourth-order valence-electron chi connectivity index (χ4n) is 1.25. The highest BCUT2D eigenvalue weighted by molar-refractivity contribution is 8.00. The van der Waals surface area contributed by atoms with E-state index in [-0.39, 0.29) is 29.1 Å². The van der Waals surface area contributed by atoms with E-state index in [0.717, 1.165) is 0 Å². The molecule has 0 spiro atoms. The van der Waals surface area contributed by atoms with Gasteiger partial charge in [-0.1, -0.05) is 6.92 Å². The van der Waals surface area contributed by atoms with E-state index in [4.69, 9.17) is 5.11 Å². The fourth-order valence-corrected chi connectivity index (χ4v) is 2.02. The highest BCUT2D eigenvalue weighted by Crippen LogP contribution is 2.15. The standard InChI is InChI=1S/C12H14FNO3S/c1-8(6-12(16)17)18-7-11(15)14-10-4-2-9(13)3-5-10/h2-5,8H,6-7H2,1H3,(H,14,15)(H,16,17). The molecule has 1 aromatic rings. The molecule has 1 atom stereocenters. The van der Waals surface area contributed by atoms with E-state index in [9.17, 15) is 14.0 Å². The number of amides is 1. The fraction of sp³-hybridized carbons (Fsp3) is 0.333. The maximum atomic E-state index is 12.6. The van der Waals surface area contributed by atoms with Gasteiger partial charge < -0.3 is 10.4 Å². The molecule has 2 N–H and O–H groups in total. The summed E-state index contributed by atoms with van der Waals surface area (Å²) in [6.07, 6.45) is 0.0223. The summed E-state index contributed by atoms with van der Waals surface area (Å²) in [5.74, 6) is -1.30. The molecule has 0 heterocycles. The number of hydrogen-bond donors (Lipinski definition) is 2. The predicted molar refractivity (Wildman–Crippen MR) is 69.2 cm³/mol. The number of rotatable bonds is 6. The minimum absolute atomic E-state index is 0.0223. The van der Waals surface area contributed by atoms with Crippen molar-refractivity contribution < 1.29 is 19.1 Å². The van der Waals surface area contributed by atoms with Gasteiger partial charge in [0.2, 0.25) is 5.91 Å². The molecule has 0 fully saturated rings. The summed E-state index contributed by atoms with van der Waals surface area (Å²) < 4.78 is 12.6. The molecular weight excluding hydrogens is 257 g/mol. The molecule has 4 nitrogen and oxygen atoms in total. The second-order valence-electron chi connectivity index (χ2n) is 3.77. The number of aliphatic carboxylic acids is 1. The molecule has 0 aliphatic heterocycles. The molecule has 1 rings (SSSR count). The lowest BCUT2D eigenvalue weighted by molar-refractivity contribution is -0.136. The van der Waals surface area contributed by atoms with Crippen LogP contribution in [0.15, 0.2) is 24.3 Å². The average Bonchev–Trinajstić information content (AvgIpc) is 2.29. The average molecular weight is 271 g/mol. The number of thioether (sulfide) groups is 1. The van der Waals surface area contributed by atoms with Crippen molar-refractivity contribution in [2.45, 2.75) is 18.6 Å². The summed E-state index contributed by atoms with van der Waals surface area (Å²) in [6.45, 7) is 1.75. The van der Waals surface area contributed by atoms with Crippen LogP contribution in [-0.2, 0) is 9.59 Å². The van der Waals surface area contributed by atoms with Crippen molar-refractivity contribution in [1.82, 2.24) is 0 Å². The van der Waals surface area contributed by atoms with Crippen LogP contribution in [-0.4, -0.2) is 28.0 Å². The van der Waals surface area contributed by atoms with E-state index < -0.39 is 5.97 Å². The van der Waals surface area contributed by atoms with Gasteiger partial charge in [0.15, 0.2) is 0 Å². The molecule has 0 saturated carbocycles. The van der Waals surface area contributed by atoms with Crippen molar-refractivity contribution in [3.05, 3.63) is 30.1 Å². The molecule has 1 amide bonds. The third-order valence-corrected chi connectivity index (χ3v) is 3.25. The Morgan fingerprint density at radius 2 is 2.00 bits per heavy atom. The zero-order valence-electron chi connectivity index (χ0n) is 9.85. The third-order valence-electron chi connectivity index (χ3n) is 2.09. The van der Waals surface area contributed by atoms with E-state index in [1.54, 1.807) is 6.92 Å². The Balaban J connectivity index is 2.33. The first kappa shape index (κ1) is 14.5. The largest absolute Gasteiger partial charge is 0.481 e. The monoisotopic (exact) mass is 271 g/mol. The second kappa shape index (κ2) is 7.00. The first-order valence-electron chi connectivity index (χ1n) is 5.36. The quantitative estimate of drug-likeness (QED) is 0.833. The van der Waals surface area contributed by atoms with Gasteiger partial charge in [-0.05, 0) is 24.3 Å². The summed E-state index contributed by atoms with van der Waals surface area (Å²) >= 11 is 1.27. The smallest absolute Gasteiger partial charge is 0.304 e. The molecule has 6 heteroatoms. The number of hydrogen-bond acceptors (Lipinski definition) is 3. The molecule has 0 saturated heterocycles. The van der Waals surface area contributed by atoms with E-state index in [0.29, 0.717) is 5.69 Å². The zero-order valence-corrected chi connectivity index (χ0v) is 10.7. The number of anilines is 1. The van der Waals surface area contributed by atoms with Crippen LogP contribution in [0, 0.1) is 5.82 Å². The van der Waals surface area contributed by atoms with E-state index in [1.165, 1.54) is 36.0 Å². The maximum Gasteiger partial charge on any atom is 0.304 e. The van der Waals surface area contributed by atoms with Crippen molar-refractivity contribution >= 4 is 29.3 Å². The van der Waals surface area contributed by atoms with Gasteiger partial charge in [0.05, 0.1) is 12.2 Å². The predicted octanol–water partition coefficient (Wildman–Crippen LogP) is 2.36. The molecule has 1 aromatic carbocycles. The van der Waals surface area contributed by atoms with Crippen LogP contribution in [0.5, 0.6) is 0 Å². The normalized spacial score (nSPS) is 11.9. The molecule has 1 unspecified atom stereocenters. The lowest BCUT2D eigenvalue weighted by Crippen LogP contribution is -2.16. The second-order valence-corrected chi connectivity index (χ2v) is 5.20. The lowest BCUT2D eigenvalue weighted by atomic mass is 10.3. The first-order valence-corrected chi connectivity index (χ1v) is 6.41. The van der Waals surface area contributed by atoms with Crippen LogP contribution in [0.1, 0.15) is 13.3 Å². The van der Waals surface area contributed by atoms with Gasteiger partial charge in [-0.15, -0.1) is 11.8 Å². The van der Waals surface area contributed by atoms with Crippen molar-refractivity contribution in [2.75, 3.05) is 11.1 Å². The molecule has 0 aromatic heterocycles. The van der Waals surface area contributed by atoms with Gasteiger partial charge in [0, 0.05) is 10.9 Å². The van der Waals surface area contributed by atoms with E-state index in [1.807, 2.05) is 0 Å². The summed E-state index contributed by atoms with van der Waals surface area (Å²) in [4.78, 5) is 21.9. The van der Waals surface area contributed by atoms with E-state index >= 15 is 0 Å². The van der Waals surface area contributed by atoms with Gasteiger partial charge in [-0.25, -0.2) is 4.39 Å². The molecule has 0 radical (unpaired) electrons. The molecule has 0 aliphatic carbocycles. The Labute approximate surface area is 109 Å². The minimum Gasteiger partial charge on any atom is -0.481 e. The van der Waals surface area contributed by atoms with Crippen LogP contribution < -0.4 is 5.32 Å². The number of carboxylic acids is 1. The van der Waals surface area contributed by atoms with Gasteiger partial charge in [0.1, 0.15) is 5.82 Å². The minimum atomic E-state index is -0.881. The highest BCUT2D eigenvalue weighted by Gasteiger charge is 2.10. The highest BCUT2D eigenvalue weighted by atomic mass is 32.2. The summed E-state index contributed by atoms with van der Waals surface area (Å²) in [6, 6.07) is 5.46. The Hall–Kier alpha value is -1.56. The molecule has 18 heavy (non-hydrogen) atoms. The van der Waals surface area contributed by atoms with Gasteiger partial charge in [-0.2, -0.15) is 0 Å².